The first-order valence-corrected chi connectivity index (χ1v) is 7.48. The zero-order valence-electron chi connectivity index (χ0n) is 12.3. The molecule has 2 aromatic rings. The van der Waals surface area contributed by atoms with Crippen molar-refractivity contribution in [1.82, 2.24) is 4.98 Å². The topological polar surface area (TPSA) is 82.3 Å². The number of fused-ring (bicyclic) bond motifs is 1. The van der Waals surface area contributed by atoms with Crippen molar-refractivity contribution in [2.24, 2.45) is 5.73 Å². The van der Waals surface area contributed by atoms with Gasteiger partial charge in [-0.1, -0.05) is 0 Å². The number of hydrogen-bond donors (Lipinski definition) is 1. The van der Waals surface area contributed by atoms with Gasteiger partial charge < -0.3 is 10.5 Å². The molecule has 0 spiro atoms. The van der Waals surface area contributed by atoms with Crippen LogP contribution in [0.3, 0.4) is 0 Å². The van der Waals surface area contributed by atoms with Gasteiger partial charge >= 0.3 is 5.97 Å². The minimum absolute atomic E-state index is 0.0191. The van der Waals surface area contributed by atoms with Crippen molar-refractivity contribution in [1.29, 1.82) is 0 Å². The molecular formula is C15H18N2O3S. The standard InChI is InChI=1S/C15H18N2O3S/c1-8-7-17-11-6-13(21-14(11)9(8)2)12(18)5-4-10(16)15(19)20-3/h6-7,10H,4-5,16H2,1-3H3/t10-/m1/s1. The summed E-state index contributed by atoms with van der Waals surface area (Å²) in [5, 5.41) is 0. The average molecular weight is 306 g/mol. The summed E-state index contributed by atoms with van der Waals surface area (Å²) in [6.45, 7) is 4.02. The summed E-state index contributed by atoms with van der Waals surface area (Å²) >= 11 is 1.44. The van der Waals surface area contributed by atoms with Crippen LogP contribution < -0.4 is 5.73 Å². The van der Waals surface area contributed by atoms with Crippen molar-refractivity contribution in [3.8, 4) is 0 Å². The molecule has 0 aromatic carbocycles. The summed E-state index contributed by atoms with van der Waals surface area (Å²) in [6, 6.07) is 1.05. The molecule has 0 fully saturated rings. The van der Waals surface area contributed by atoms with Gasteiger partial charge in [-0.05, 0) is 37.5 Å². The number of ketones is 1. The third-order valence-electron chi connectivity index (χ3n) is 3.50. The number of aryl methyl sites for hydroxylation is 2. The number of nitrogens with two attached hydrogens (primary N) is 1. The van der Waals surface area contributed by atoms with E-state index in [0.717, 1.165) is 21.3 Å². The number of aromatic nitrogens is 1. The van der Waals surface area contributed by atoms with Gasteiger partial charge in [-0.15, -0.1) is 11.3 Å². The molecule has 0 saturated heterocycles. The number of Topliss-reactive ketones (excluding diaryl/α,β-unsaturated/α-hetero) is 1. The number of esters is 1. The summed E-state index contributed by atoms with van der Waals surface area (Å²) in [6.07, 6.45) is 2.32. The summed E-state index contributed by atoms with van der Waals surface area (Å²) in [4.78, 5) is 28.4. The maximum absolute atomic E-state index is 12.2. The highest BCUT2D eigenvalue weighted by molar-refractivity contribution is 7.21. The van der Waals surface area contributed by atoms with Crippen LogP contribution in [0.1, 0.15) is 33.6 Å². The number of nitrogens with zero attached hydrogens (tertiary/aromatic N) is 1. The van der Waals surface area contributed by atoms with E-state index in [0.29, 0.717) is 4.88 Å². The number of hydrogen-bond acceptors (Lipinski definition) is 6. The highest BCUT2D eigenvalue weighted by Gasteiger charge is 2.18. The molecule has 0 radical (unpaired) electrons. The van der Waals surface area contributed by atoms with Gasteiger partial charge in [0, 0.05) is 12.6 Å². The summed E-state index contributed by atoms with van der Waals surface area (Å²) < 4.78 is 5.58. The van der Waals surface area contributed by atoms with E-state index in [4.69, 9.17) is 5.73 Å². The molecule has 0 unspecified atom stereocenters. The van der Waals surface area contributed by atoms with Gasteiger partial charge in [-0.3, -0.25) is 14.6 Å². The van der Waals surface area contributed by atoms with Crippen LogP contribution in [0.2, 0.25) is 0 Å². The second-order valence-corrected chi connectivity index (χ2v) is 6.03. The van der Waals surface area contributed by atoms with Crippen LogP contribution in [-0.4, -0.2) is 29.9 Å². The molecule has 0 saturated carbocycles. The van der Waals surface area contributed by atoms with Crippen molar-refractivity contribution >= 4 is 33.3 Å². The fourth-order valence-electron chi connectivity index (χ4n) is 2.00. The van der Waals surface area contributed by atoms with Crippen LogP contribution in [0.25, 0.3) is 10.2 Å². The zero-order chi connectivity index (χ0) is 15.6. The average Bonchev–Trinajstić information content (AvgIpc) is 2.92. The van der Waals surface area contributed by atoms with Crippen LogP contribution in [-0.2, 0) is 9.53 Å². The molecule has 21 heavy (non-hydrogen) atoms. The molecule has 0 aliphatic heterocycles. The minimum Gasteiger partial charge on any atom is -0.468 e. The number of methoxy groups -OCH3 is 1. The summed E-state index contributed by atoms with van der Waals surface area (Å²) in [7, 11) is 1.28. The largest absolute Gasteiger partial charge is 0.468 e. The third kappa shape index (κ3) is 3.28. The highest BCUT2D eigenvalue weighted by Crippen LogP contribution is 2.29. The first-order valence-electron chi connectivity index (χ1n) is 6.66. The number of carbonyl (C=O) groups excluding carboxylic acids is 2. The molecule has 0 amide bonds. The molecule has 2 N–H and O–H groups in total. The number of rotatable bonds is 5. The molecule has 2 aromatic heterocycles. The smallest absolute Gasteiger partial charge is 0.322 e. The lowest BCUT2D eigenvalue weighted by Crippen LogP contribution is -2.31. The Labute approximate surface area is 127 Å². The zero-order valence-corrected chi connectivity index (χ0v) is 13.1. The number of pyridine rings is 1. The Morgan fingerprint density at radius 2 is 2.14 bits per heavy atom. The number of carbonyl (C=O) groups is 2. The Morgan fingerprint density at radius 1 is 1.43 bits per heavy atom. The summed E-state index contributed by atoms with van der Waals surface area (Å²) in [5.74, 6) is -0.512. The van der Waals surface area contributed by atoms with Gasteiger partial charge in [0.25, 0.3) is 0 Å². The van der Waals surface area contributed by atoms with Crippen LogP contribution >= 0.6 is 11.3 Å². The lowest BCUT2D eigenvalue weighted by atomic mass is 10.1. The maximum Gasteiger partial charge on any atom is 0.322 e. The van der Waals surface area contributed by atoms with E-state index >= 15 is 0 Å². The van der Waals surface area contributed by atoms with E-state index in [-0.39, 0.29) is 18.6 Å². The Balaban J connectivity index is 2.13. The van der Waals surface area contributed by atoms with Gasteiger partial charge in [0.15, 0.2) is 5.78 Å². The second-order valence-electron chi connectivity index (χ2n) is 4.98. The van der Waals surface area contributed by atoms with Gasteiger partial charge in [0.2, 0.25) is 0 Å². The number of ether oxygens (including phenoxy) is 1. The van der Waals surface area contributed by atoms with Gasteiger partial charge in [-0.2, -0.15) is 0 Å². The Kier molecular flexibility index (Phi) is 4.69. The Bertz CT molecular complexity index is 694. The minimum atomic E-state index is -0.754. The van der Waals surface area contributed by atoms with Crippen LogP contribution in [0, 0.1) is 13.8 Å². The number of thiophene rings is 1. The van der Waals surface area contributed by atoms with E-state index in [9.17, 15) is 9.59 Å². The first-order chi connectivity index (χ1) is 9.93. The van der Waals surface area contributed by atoms with Crippen LogP contribution in [0.5, 0.6) is 0 Å². The second kappa shape index (κ2) is 6.32. The van der Waals surface area contributed by atoms with Gasteiger partial charge in [0.05, 0.1) is 22.2 Å². The maximum atomic E-state index is 12.2. The van der Waals surface area contributed by atoms with Crippen LogP contribution in [0.15, 0.2) is 12.3 Å². The third-order valence-corrected chi connectivity index (χ3v) is 4.79. The van der Waals surface area contributed by atoms with Gasteiger partial charge in [-0.25, -0.2) is 0 Å². The first kappa shape index (κ1) is 15.6. The Morgan fingerprint density at radius 3 is 2.81 bits per heavy atom. The quantitative estimate of drug-likeness (QED) is 0.677. The van der Waals surface area contributed by atoms with Crippen molar-refractivity contribution < 1.29 is 14.3 Å². The predicted molar refractivity (Wildman–Crippen MR) is 82.6 cm³/mol. The molecule has 112 valence electrons. The molecule has 0 aliphatic rings. The van der Waals surface area contributed by atoms with Crippen molar-refractivity contribution in [3.63, 3.8) is 0 Å². The monoisotopic (exact) mass is 306 g/mol. The molecule has 1 atom stereocenters. The highest BCUT2D eigenvalue weighted by atomic mass is 32.1. The van der Waals surface area contributed by atoms with Crippen molar-refractivity contribution in [2.75, 3.05) is 7.11 Å². The molecule has 6 heteroatoms. The SMILES string of the molecule is COC(=O)[C@H](N)CCC(=O)c1cc2ncc(C)c(C)c2s1. The predicted octanol–water partition coefficient (Wildman–Crippen LogP) is 2.38. The normalized spacial score (nSPS) is 12.4. The van der Waals surface area contributed by atoms with E-state index in [1.54, 1.807) is 6.07 Å². The van der Waals surface area contributed by atoms with Gasteiger partial charge in [0.1, 0.15) is 6.04 Å². The van der Waals surface area contributed by atoms with E-state index in [1.165, 1.54) is 18.4 Å². The van der Waals surface area contributed by atoms with E-state index in [1.807, 2.05) is 20.0 Å². The lowest BCUT2D eigenvalue weighted by Gasteiger charge is -2.07. The molecule has 0 bridgehead atoms. The van der Waals surface area contributed by atoms with Crippen LogP contribution in [0.4, 0.5) is 0 Å². The fraction of sp³-hybridized carbons (Fsp3) is 0.400. The lowest BCUT2D eigenvalue weighted by molar-refractivity contribution is -0.142. The molecule has 2 rings (SSSR count). The molecule has 2 heterocycles. The summed E-state index contributed by atoms with van der Waals surface area (Å²) in [5.41, 5.74) is 8.73. The van der Waals surface area contributed by atoms with Crippen molar-refractivity contribution in [3.05, 3.63) is 28.3 Å². The van der Waals surface area contributed by atoms with Crippen molar-refractivity contribution in [2.45, 2.75) is 32.7 Å². The molecular weight excluding hydrogens is 288 g/mol. The van der Waals surface area contributed by atoms with E-state index in [2.05, 4.69) is 9.72 Å². The van der Waals surface area contributed by atoms with E-state index < -0.39 is 12.0 Å². The molecule has 5 nitrogen and oxygen atoms in total. The Hall–Kier alpha value is -1.79. The molecule has 0 aliphatic carbocycles. The fourth-order valence-corrected chi connectivity index (χ4v) is 3.14.